The summed E-state index contributed by atoms with van der Waals surface area (Å²) >= 11 is 0. The summed E-state index contributed by atoms with van der Waals surface area (Å²) in [6.07, 6.45) is 3.87. The number of amides is 1. The molecule has 27 heavy (non-hydrogen) atoms. The number of furan rings is 1. The summed E-state index contributed by atoms with van der Waals surface area (Å²) in [5.74, 6) is 1.32. The minimum Gasteiger partial charge on any atom is -0.467 e. The second kappa shape index (κ2) is 8.53. The number of hydrogen-bond donors (Lipinski definition) is 1. The lowest BCUT2D eigenvalue weighted by Crippen LogP contribution is -2.40. The van der Waals surface area contributed by atoms with Crippen LogP contribution in [0.1, 0.15) is 58.7 Å². The van der Waals surface area contributed by atoms with Crippen LogP contribution in [-0.4, -0.2) is 29.7 Å². The molecule has 3 rings (SSSR count). The second-order valence-electron chi connectivity index (χ2n) is 7.73. The van der Waals surface area contributed by atoms with Crippen molar-refractivity contribution in [3.05, 3.63) is 59.0 Å². The Morgan fingerprint density at radius 3 is 2.37 bits per heavy atom. The van der Waals surface area contributed by atoms with Crippen LogP contribution in [0.15, 0.2) is 41.0 Å². The number of Topliss-reactive ketones (excluding diaryl/α,β-unsaturated/α-hetero) is 1. The molecule has 1 aliphatic rings. The lowest BCUT2D eigenvalue weighted by atomic mass is 9.88. The van der Waals surface area contributed by atoms with E-state index < -0.39 is 0 Å². The van der Waals surface area contributed by atoms with Gasteiger partial charge in [-0.15, -0.1) is 0 Å². The van der Waals surface area contributed by atoms with E-state index in [2.05, 4.69) is 26.0 Å². The number of rotatable bonds is 6. The maximum atomic E-state index is 12.8. The average Bonchev–Trinajstić information content (AvgIpc) is 3.16. The van der Waals surface area contributed by atoms with Gasteiger partial charge in [0.2, 0.25) is 0 Å². The summed E-state index contributed by atoms with van der Waals surface area (Å²) in [6.45, 7) is 5.83. The summed E-state index contributed by atoms with van der Waals surface area (Å²) in [6, 6.07) is 9.69. The first-order valence-electron chi connectivity index (χ1n) is 9.68. The molecule has 144 valence electrons. The lowest BCUT2D eigenvalue weighted by Gasteiger charge is -2.31. The molecule has 0 spiro atoms. The van der Waals surface area contributed by atoms with E-state index in [4.69, 9.17) is 10.2 Å². The molecule has 5 nitrogen and oxygen atoms in total. The van der Waals surface area contributed by atoms with Crippen molar-refractivity contribution in [2.75, 3.05) is 13.1 Å². The second-order valence-corrected chi connectivity index (χ2v) is 7.73. The van der Waals surface area contributed by atoms with Crippen molar-refractivity contribution in [2.24, 2.45) is 17.6 Å². The molecule has 0 radical (unpaired) electrons. The number of carbonyl (C=O) groups is 2. The highest BCUT2D eigenvalue weighted by Crippen LogP contribution is 2.24. The van der Waals surface area contributed by atoms with E-state index in [9.17, 15) is 9.59 Å². The first-order valence-corrected chi connectivity index (χ1v) is 9.68. The van der Waals surface area contributed by atoms with Gasteiger partial charge in [-0.2, -0.15) is 0 Å². The Morgan fingerprint density at radius 1 is 1.15 bits per heavy atom. The number of likely N-dealkylation sites (tertiary alicyclic amines) is 1. The third-order valence-corrected chi connectivity index (χ3v) is 5.14. The van der Waals surface area contributed by atoms with Crippen molar-refractivity contribution in [2.45, 2.75) is 39.7 Å². The standard InChI is InChI=1S/C22H28N2O3/c1-15(2)11-16-3-5-17(6-4-16)21(25)18-7-9-24(10-8-18)22(26)19-12-20(13-23)27-14-19/h3-6,12,14-15,18H,7-11,13,23H2,1-2H3. The van der Waals surface area contributed by atoms with Crippen LogP contribution in [0.3, 0.4) is 0 Å². The Morgan fingerprint density at radius 2 is 1.81 bits per heavy atom. The number of nitrogens with zero attached hydrogens (tertiary/aromatic N) is 1. The summed E-state index contributed by atoms with van der Waals surface area (Å²) in [5.41, 5.74) is 8.09. The van der Waals surface area contributed by atoms with Gasteiger partial charge in [-0.3, -0.25) is 9.59 Å². The van der Waals surface area contributed by atoms with Gasteiger partial charge in [0.15, 0.2) is 5.78 Å². The number of hydrogen-bond acceptors (Lipinski definition) is 4. The fraction of sp³-hybridized carbons (Fsp3) is 0.455. The van der Waals surface area contributed by atoms with E-state index in [0.717, 1.165) is 12.0 Å². The van der Waals surface area contributed by atoms with Crippen LogP contribution in [-0.2, 0) is 13.0 Å². The topological polar surface area (TPSA) is 76.5 Å². The first-order chi connectivity index (χ1) is 13.0. The third kappa shape index (κ3) is 4.66. The van der Waals surface area contributed by atoms with Crippen molar-refractivity contribution in [1.29, 1.82) is 0 Å². The molecule has 0 aliphatic carbocycles. The molecule has 5 heteroatoms. The quantitative estimate of drug-likeness (QED) is 0.789. The summed E-state index contributed by atoms with van der Waals surface area (Å²) in [7, 11) is 0. The molecule has 2 heterocycles. The van der Waals surface area contributed by atoms with Gasteiger partial charge >= 0.3 is 0 Å². The van der Waals surface area contributed by atoms with Crippen molar-refractivity contribution >= 4 is 11.7 Å². The van der Waals surface area contributed by atoms with Gasteiger partial charge in [0, 0.05) is 24.6 Å². The fourth-order valence-corrected chi connectivity index (χ4v) is 3.64. The van der Waals surface area contributed by atoms with Crippen LogP contribution >= 0.6 is 0 Å². The number of piperidine rings is 1. The minimum absolute atomic E-state index is 0.0195. The van der Waals surface area contributed by atoms with Gasteiger partial charge in [0.1, 0.15) is 12.0 Å². The average molecular weight is 368 g/mol. The summed E-state index contributed by atoms with van der Waals surface area (Å²) in [4.78, 5) is 27.1. The molecular formula is C22H28N2O3. The van der Waals surface area contributed by atoms with Gasteiger partial charge in [-0.05, 0) is 36.8 Å². The van der Waals surface area contributed by atoms with Crippen LogP contribution < -0.4 is 5.73 Å². The molecular weight excluding hydrogens is 340 g/mol. The molecule has 1 saturated heterocycles. The SMILES string of the molecule is CC(C)Cc1ccc(C(=O)C2CCN(C(=O)c3coc(CN)c3)CC2)cc1. The van der Waals surface area contributed by atoms with Gasteiger partial charge < -0.3 is 15.1 Å². The molecule has 0 atom stereocenters. The Hall–Kier alpha value is -2.40. The van der Waals surface area contributed by atoms with E-state index in [1.165, 1.54) is 11.8 Å². The monoisotopic (exact) mass is 368 g/mol. The number of nitrogens with two attached hydrogens (primary N) is 1. The Labute approximate surface area is 160 Å². The molecule has 2 aromatic rings. The molecule has 0 unspecified atom stereocenters. The van der Waals surface area contributed by atoms with Crippen LogP contribution in [0.5, 0.6) is 0 Å². The number of benzene rings is 1. The highest BCUT2D eigenvalue weighted by Gasteiger charge is 2.29. The molecule has 1 aliphatic heterocycles. The van der Waals surface area contributed by atoms with Gasteiger partial charge in [-0.1, -0.05) is 38.1 Å². The van der Waals surface area contributed by atoms with E-state index in [-0.39, 0.29) is 24.2 Å². The van der Waals surface area contributed by atoms with Crippen molar-refractivity contribution in [3.8, 4) is 0 Å². The Balaban J connectivity index is 1.56. The fourth-order valence-electron chi connectivity index (χ4n) is 3.64. The zero-order chi connectivity index (χ0) is 19.4. The number of ketones is 1. The van der Waals surface area contributed by atoms with Crippen LogP contribution in [0.4, 0.5) is 0 Å². The zero-order valence-electron chi connectivity index (χ0n) is 16.1. The van der Waals surface area contributed by atoms with E-state index in [1.54, 1.807) is 11.0 Å². The highest BCUT2D eigenvalue weighted by molar-refractivity contribution is 5.98. The molecule has 0 saturated carbocycles. The van der Waals surface area contributed by atoms with E-state index >= 15 is 0 Å². The van der Waals surface area contributed by atoms with E-state index in [1.807, 2.05) is 12.1 Å². The molecule has 2 N–H and O–H groups in total. The van der Waals surface area contributed by atoms with Gasteiger partial charge in [0.25, 0.3) is 5.91 Å². The molecule has 1 aromatic heterocycles. The number of carbonyl (C=O) groups excluding carboxylic acids is 2. The van der Waals surface area contributed by atoms with Crippen molar-refractivity contribution in [3.63, 3.8) is 0 Å². The van der Waals surface area contributed by atoms with Crippen molar-refractivity contribution < 1.29 is 14.0 Å². The zero-order valence-corrected chi connectivity index (χ0v) is 16.1. The van der Waals surface area contributed by atoms with E-state index in [0.29, 0.717) is 43.2 Å². The highest BCUT2D eigenvalue weighted by atomic mass is 16.3. The predicted octanol–water partition coefficient (Wildman–Crippen LogP) is 3.67. The third-order valence-electron chi connectivity index (χ3n) is 5.14. The molecule has 1 aromatic carbocycles. The Kier molecular flexibility index (Phi) is 6.11. The lowest BCUT2D eigenvalue weighted by molar-refractivity contribution is 0.0649. The van der Waals surface area contributed by atoms with Crippen LogP contribution in [0.25, 0.3) is 0 Å². The smallest absolute Gasteiger partial charge is 0.257 e. The maximum absolute atomic E-state index is 12.8. The van der Waals surface area contributed by atoms with Gasteiger partial charge in [0.05, 0.1) is 12.1 Å². The predicted molar refractivity (Wildman–Crippen MR) is 105 cm³/mol. The largest absolute Gasteiger partial charge is 0.467 e. The first kappa shape index (κ1) is 19.4. The maximum Gasteiger partial charge on any atom is 0.257 e. The normalized spacial score (nSPS) is 15.3. The van der Waals surface area contributed by atoms with Crippen LogP contribution in [0, 0.1) is 11.8 Å². The van der Waals surface area contributed by atoms with Crippen LogP contribution in [0.2, 0.25) is 0 Å². The molecule has 0 bridgehead atoms. The Bertz CT molecular complexity index is 784. The van der Waals surface area contributed by atoms with Crippen molar-refractivity contribution in [1.82, 2.24) is 4.90 Å². The summed E-state index contributed by atoms with van der Waals surface area (Å²) < 4.78 is 5.25. The molecule has 1 fully saturated rings. The summed E-state index contributed by atoms with van der Waals surface area (Å²) in [5, 5.41) is 0. The minimum atomic E-state index is -0.0533. The van der Waals surface area contributed by atoms with Gasteiger partial charge in [-0.25, -0.2) is 0 Å². The molecule has 1 amide bonds.